The molecule has 0 spiro atoms. The van der Waals surface area contributed by atoms with Crippen molar-refractivity contribution in [1.29, 1.82) is 0 Å². The second kappa shape index (κ2) is 3.10. The predicted molar refractivity (Wildman–Crippen MR) is 47.1 cm³/mol. The lowest BCUT2D eigenvalue weighted by atomic mass is 10.5. The molecule has 7 heteroatoms. The van der Waals surface area contributed by atoms with Crippen molar-refractivity contribution < 1.29 is 4.92 Å². The average molecular weight is 235 g/mol. The van der Waals surface area contributed by atoms with Gasteiger partial charge in [-0.2, -0.15) is 5.10 Å². The van der Waals surface area contributed by atoms with Crippen LogP contribution in [0.25, 0.3) is 0 Å². The Hall–Kier alpha value is -1.11. The van der Waals surface area contributed by atoms with Crippen molar-refractivity contribution in [3.8, 4) is 0 Å². The Morgan fingerprint density at radius 2 is 2.33 bits per heavy atom. The first kappa shape index (κ1) is 8.98. The predicted octanol–water partition coefficient (Wildman–Crippen LogP) is 1.13. The molecule has 0 unspecified atom stereocenters. The summed E-state index contributed by atoms with van der Waals surface area (Å²) in [5.74, 6) is 0.381. The van der Waals surface area contributed by atoms with Gasteiger partial charge in [0.05, 0.1) is 4.92 Å². The van der Waals surface area contributed by atoms with Crippen LogP contribution >= 0.6 is 15.9 Å². The minimum atomic E-state index is -0.483. The van der Waals surface area contributed by atoms with Gasteiger partial charge < -0.3 is 5.32 Å². The summed E-state index contributed by atoms with van der Waals surface area (Å²) in [7, 11) is 3.24. The van der Waals surface area contributed by atoms with E-state index in [0.717, 1.165) is 0 Å². The Morgan fingerprint density at radius 1 is 1.75 bits per heavy atom. The summed E-state index contributed by atoms with van der Waals surface area (Å²) in [5.41, 5.74) is -0.0417. The van der Waals surface area contributed by atoms with Gasteiger partial charge in [-0.15, -0.1) is 0 Å². The van der Waals surface area contributed by atoms with Crippen molar-refractivity contribution in [2.45, 2.75) is 0 Å². The molecular formula is C5H7BrN4O2. The van der Waals surface area contributed by atoms with E-state index in [2.05, 4.69) is 26.3 Å². The van der Waals surface area contributed by atoms with E-state index in [-0.39, 0.29) is 10.3 Å². The highest BCUT2D eigenvalue weighted by atomic mass is 79.9. The lowest BCUT2D eigenvalue weighted by Gasteiger charge is -1.97. The molecule has 66 valence electrons. The van der Waals surface area contributed by atoms with Gasteiger partial charge in [-0.25, -0.2) is 4.68 Å². The van der Waals surface area contributed by atoms with Gasteiger partial charge in [0.15, 0.2) is 0 Å². The van der Waals surface area contributed by atoms with E-state index in [1.54, 1.807) is 14.1 Å². The van der Waals surface area contributed by atoms with E-state index >= 15 is 0 Å². The zero-order chi connectivity index (χ0) is 9.30. The van der Waals surface area contributed by atoms with E-state index in [4.69, 9.17) is 0 Å². The monoisotopic (exact) mass is 234 g/mol. The topological polar surface area (TPSA) is 73.0 Å². The van der Waals surface area contributed by atoms with Gasteiger partial charge in [0, 0.05) is 14.1 Å². The fourth-order valence-electron chi connectivity index (χ4n) is 0.922. The van der Waals surface area contributed by atoms with Crippen LogP contribution in [0.2, 0.25) is 0 Å². The summed E-state index contributed by atoms with van der Waals surface area (Å²) in [4.78, 5) is 10.0. The van der Waals surface area contributed by atoms with Gasteiger partial charge >= 0.3 is 5.69 Å². The number of nitrogens with one attached hydrogen (secondary N) is 1. The van der Waals surface area contributed by atoms with Gasteiger partial charge in [0.1, 0.15) is 0 Å². The fourth-order valence-corrected chi connectivity index (χ4v) is 1.49. The number of nitro groups is 1. The van der Waals surface area contributed by atoms with Crippen LogP contribution in [0, 0.1) is 10.1 Å². The van der Waals surface area contributed by atoms with Crippen LogP contribution in [0.3, 0.4) is 0 Å². The smallest absolute Gasteiger partial charge is 0.345 e. The number of rotatable bonds is 2. The Balaban J connectivity index is 3.32. The van der Waals surface area contributed by atoms with Crippen molar-refractivity contribution in [3.63, 3.8) is 0 Å². The Kier molecular flexibility index (Phi) is 2.32. The molecule has 0 radical (unpaired) electrons. The van der Waals surface area contributed by atoms with Crippen molar-refractivity contribution >= 4 is 27.4 Å². The largest absolute Gasteiger partial charge is 0.368 e. The third-order valence-electron chi connectivity index (χ3n) is 1.40. The minimum Gasteiger partial charge on any atom is -0.368 e. The van der Waals surface area contributed by atoms with Crippen molar-refractivity contribution in [2.24, 2.45) is 7.05 Å². The SMILES string of the molecule is CNc1c([N+](=O)[O-])c(Br)nn1C. The van der Waals surface area contributed by atoms with E-state index in [1.807, 2.05) is 0 Å². The molecule has 1 rings (SSSR count). The quantitative estimate of drug-likeness (QED) is 0.616. The summed E-state index contributed by atoms with van der Waals surface area (Å²) >= 11 is 3.00. The summed E-state index contributed by atoms with van der Waals surface area (Å²) < 4.78 is 1.64. The molecular weight excluding hydrogens is 228 g/mol. The Labute approximate surface area is 76.8 Å². The molecule has 0 bridgehead atoms. The second-order valence-corrected chi connectivity index (χ2v) is 2.87. The van der Waals surface area contributed by atoms with Gasteiger partial charge in [0.2, 0.25) is 10.4 Å². The highest BCUT2D eigenvalue weighted by Gasteiger charge is 2.23. The highest BCUT2D eigenvalue weighted by Crippen LogP contribution is 2.31. The summed E-state index contributed by atoms with van der Waals surface area (Å²) in [6.45, 7) is 0. The average Bonchev–Trinajstić information content (AvgIpc) is 2.24. The molecule has 1 heterocycles. The van der Waals surface area contributed by atoms with Gasteiger partial charge in [-0.3, -0.25) is 10.1 Å². The van der Waals surface area contributed by atoms with Crippen LogP contribution in [0.1, 0.15) is 0 Å². The lowest BCUT2D eigenvalue weighted by molar-refractivity contribution is -0.384. The number of hydrogen-bond donors (Lipinski definition) is 1. The normalized spacial score (nSPS) is 9.92. The third kappa shape index (κ3) is 1.27. The van der Waals surface area contributed by atoms with Crippen molar-refractivity contribution in [3.05, 3.63) is 14.7 Å². The van der Waals surface area contributed by atoms with Crippen molar-refractivity contribution in [2.75, 3.05) is 12.4 Å². The maximum Gasteiger partial charge on any atom is 0.345 e. The van der Waals surface area contributed by atoms with E-state index in [1.165, 1.54) is 4.68 Å². The molecule has 1 N–H and O–H groups in total. The summed E-state index contributed by atoms with van der Waals surface area (Å²) in [6, 6.07) is 0. The number of halogens is 1. The summed E-state index contributed by atoms with van der Waals surface area (Å²) in [5, 5.41) is 17.0. The molecule has 0 amide bonds. The van der Waals surface area contributed by atoms with Gasteiger partial charge in [-0.1, -0.05) is 0 Å². The maximum atomic E-state index is 10.5. The molecule has 0 aliphatic heterocycles. The second-order valence-electron chi connectivity index (χ2n) is 2.12. The molecule has 6 nitrogen and oxygen atoms in total. The number of aryl methyl sites for hydroxylation is 1. The first-order valence-electron chi connectivity index (χ1n) is 3.12. The van der Waals surface area contributed by atoms with Crippen LogP contribution in [0.4, 0.5) is 11.5 Å². The van der Waals surface area contributed by atoms with Crippen LogP contribution in [0.5, 0.6) is 0 Å². The van der Waals surface area contributed by atoms with Gasteiger partial charge in [0.25, 0.3) is 0 Å². The standard InChI is InChI=1S/C5H7BrN4O2/c1-7-5-3(10(11)12)4(6)8-9(5)2/h7H,1-2H3. The van der Waals surface area contributed by atoms with Crippen LogP contribution in [-0.4, -0.2) is 21.8 Å². The fraction of sp³-hybridized carbons (Fsp3) is 0.400. The molecule has 0 saturated carbocycles. The highest BCUT2D eigenvalue weighted by molar-refractivity contribution is 9.10. The number of hydrogen-bond acceptors (Lipinski definition) is 4. The van der Waals surface area contributed by atoms with Crippen molar-refractivity contribution in [1.82, 2.24) is 9.78 Å². The van der Waals surface area contributed by atoms with Crippen LogP contribution in [-0.2, 0) is 7.05 Å². The number of nitrogens with zero attached hydrogens (tertiary/aromatic N) is 3. The number of anilines is 1. The Morgan fingerprint density at radius 3 is 2.67 bits per heavy atom. The van der Waals surface area contributed by atoms with Crippen LogP contribution in [0.15, 0.2) is 4.60 Å². The minimum absolute atomic E-state index is 0.0417. The lowest BCUT2D eigenvalue weighted by Crippen LogP contribution is -2.00. The molecule has 0 aliphatic carbocycles. The first-order chi connectivity index (χ1) is 5.57. The molecule has 0 aromatic carbocycles. The molecule has 0 atom stereocenters. The molecule has 0 saturated heterocycles. The molecule has 1 aromatic rings. The van der Waals surface area contributed by atoms with Gasteiger partial charge in [-0.05, 0) is 15.9 Å². The van der Waals surface area contributed by atoms with E-state index < -0.39 is 4.92 Å². The summed E-state index contributed by atoms with van der Waals surface area (Å²) in [6.07, 6.45) is 0. The molecule has 0 aliphatic rings. The Bertz CT molecular complexity index is 321. The maximum absolute atomic E-state index is 10.5. The van der Waals surface area contributed by atoms with E-state index in [9.17, 15) is 10.1 Å². The molecule has 0 fully saturated rings. The van der Waals surface area contributed by atoms with Crippen LogP contribution < -0.4 is 5.32 Å². The third-order valence-corrected chi connectivity index (χ3v) is 1.93. The molecule has 12 heavy (non-hydrogen) atoms. The first-order valence-corrected chi connectivity index (χ1v) is 3.92. The van der Waals surface area contributed by atoms with E-state index in [0.29, 0.717) is 5.82 Å². The molecule has 1 aromatic heterocycles. The number of aromatic nitrogens is 2. The zero-order valence-electron chi connectivity index (χ0n) is 6.54. The zero-order valence-corrected chi connectivity index (χ0v) is 8.12.